The van der Waals surface area contributed by atoms with Crippen molar-refractivity contribution < 1.29 is 14.7 Å². The number of amides is 2. The Morgan fingerprint density at radius 1 is 1.43 bits per heavy atom. The highest BCUT2D eigenvalue weighted by Gasteiger charge is 2.48. The number of nitrogens with one attached hydrogen (secondary N) is 1. The predicted molar refractivity (Wildman–Crippen MR) is 82.2 cm³/mol. The molecule has 1 saturated heterocycles. The molecular formula is C15H22N2O3S. The van der Waals surface area contributed by atoms with Crippen LogP contribution in [-0.2, 0) is 4.79 Å². The maximum atomic E-state index is 12.4. The third-order valence-corrected chi connectivity index (χ3v) is 5.90. The highest BCUT2D eigenvalue weighted by atomic mass is 32.2. The summed E-state index contributed by atoms with van der Waals surface area (Å²) in [5.41, 5.74) is 1.42. The molecule has 0 spiro atoms. The van der Waals surface area contributed by atoms with Crippen molar-refractivity contribution in [3.8, 4) is 0 Å². The quantitative estimate of drug-likeness (QED) is 0.765. The summed E-state index contributed by atoms with van der Waals surface area (Å²) in [7, 11) is 0. The second kappa shape index (κ2) is 6.30. The Morgan fingerprint density at radius 2 is 2.24 bits per heavy atom. The van der Waals surface area contributed by atoms with E-state index in [-0.39, 0.29) is 11.4 Å². The van der Waals surface area contributed by atoms with Crippen LogP contribution in [0.1, 0.15) is 38.5 Å². The van der Waals surface area contributed by atoms with E-state index in [0.29, 0.717) is 18.2 Å². The van der Waals surface area contributed by atoms with E-state index in [4.69, 9.17) is 0 Å². The maximum Gasteiger partial charge on any atom is 0.327 e. The van der Waals surface area contributed by atoms with Crippen LogP contribution in [0.4, 0.5) is 4.79 Å². The Kier molecular flexibility index (Phi) is 4.42. The van der Waals surface area contributed by atoms with Crippen LogP contribution in [0, 0.1) is 5.92 Å². The molecule has 2 N–H and O–H groups in total. The topological polar surface area (TPSA) is 69.6 Å². The molecular weight excluding hydrogens is 288 g/mol. The molecule has 1 saturated carbocycles. The zero-order chi connectivity index (χ0) is 14.8. The lowest BCUT2D eigenvalue weighted by atomic mass is 10.2. The lowest BCUT2D eigenvalue weighted by Gasteiger charge is -2.27. The molecule has 21 heavy (non-hydrogen) atoms. The van der Waals surface area contributed by atoms with E-state index in [1.807, 2.05) is 0 Å². The fourth-order valence-corrected chi connectivity index (χ4v) is 4.74. The van der Waals surface area contributed by atoms with Crippen LogP contribution in [-0.4, -0.2) is 45.7 Å². The SMILES string of the molecule is O=C(O)C1CSC(C2CC2)N1C(=O)NCCC1=CCCC1. The van der Waals surface area contributed by atoms with E-state index in [0.717, 1.165) is 32.1 Å². The van der Waals surface area contributed by atoms with E-state index in [1.165, 1.54) is 12.0 Å². The molecule has 0 aromatic heterocycles. The molecule has 2 fully saturated rings. The summed E-state index contributed by atoms with van der Waals surface area (Å²) in [4.78, 5) is 25.3. The largest absolute Gasteiger partial charge is 0.480 e. The molecule has 0 radical (unpaired) electrons. The van der Waals surface area contributed by atoms with E-state index < -0.39 is 12.0 Å². The summed E-state index contributed by atoms with van der Waals surface area (Å²) in [5, 5.41) is 12.3. The van der Waals surface area contributed by atoms with Crippen LogP contribution >= 0.6 is 11.8 Å². The Morgan fingerprint density at radius 3 is 2.86 bits per heavy atom. The van der Waals surface area contributed by atoms with Crippen LogP contribution in [0.5, 0.6) is 0 Å². The first-order valence-electron chi connectivity index (χ1n) is 7.75. The van der Waals surface area contributed by atoms with Gasteiger partial charge < -0.3 is 10.4 Å². The first kappa shape index (κ1) is 14.8. The lowest BCUT2D eigenvalue weighted by molar-refractivity contribution is -0.141. The van der Waals surface area contributed by atoms with Crippen molar-refractivity contribution in [1.82, 2.24) is 10.2 Å². The van der Waals surface area contributed by atoms with Gasteiger partial charge in [-0.1, -0.05) is 11.6 Å². The van der Waals surface area contributed by atoms with E-state index in [1.54, 1.807) is 16.7 Å². The minimum atomic E-state index is -0.890. The summed E-state index contributed by atoms with van der Waals surface area (Å²) in [6.45, 7) is 0.607. The molecule has 5 nitrogen and oxygen atoms in total. The summed E-state index contributed by atoms with van der Waals surface area (Å²) in [6, 6.07) is -0.880. The molecule has 2 unspecified atom stereocenters. The van der Waals surface area contributed by atoms with Gasteiger partial charge in [-0.25, -0.2) is 9.59 Å². The molecule has 116 valence electrons. The van der Waals surface area contributed by atoms with E-state index in [2.05, 4.69) is 11.4 Å². The van der Waals surface area contributed by atoms with Crippen LogP contribution in [0.25, 0.3) is 0 Å². The fraction of sp³-hybridized carbons (Fsp3) is 0.733. The predicted octanol–water partition coefficient (Wildman–Crippen LogP) is 2.43. The molecule has 0 aromatic rings. The van der Waals surface area contributed by atoms with Crippen LogP contribution in [0.15, 0.2) is 11.6 Å². The van der Waals surface area contributed by atoms with Gasteiger partial charge in [-0.05, 0) is 44.4 Å². The monoisotopic (exact) mass is 310 g/mol. The smallest absolute Gasteiger partial charge is 0.327 e. The molecule has 3 rings (SSSR count). The van der Waals surface area contributed by atoms with Crippen molar-refractivity contribution in [1.29, 1.82) is 0 Å². The number of nitrogens with zero attached hydrogens (tertiary/aromatic N) is 1. The number of carbonyl (C=O) groups is 2. The molecule has 2 aliphatic carbocycles. The van der Waals surface area contributed by atoms with Gasteiger partial charge in [0.1, 0.15) is 6.04 Å². The van der Waals surface area contributed by atoms with Gasteiger partial charge >= 0.3 is 12.0 Å². The molecule has 2 atom stereocenters. The maximum absolute atomic E-state index is 12.4. The second-order valence-electron chi connectivity index (χ2n) is 6.06. The molecule has 3 aliphatic rings. The molecule has 1 heterocycles. The number of urea groups is 1. The van der Waals surface area contributed by atoms with Gasteiger partial charge in [0.2, 0.25) is 0 Å². The molecule has 6 heteroatoms. The summed E-state index contributed by atoms with van der Waals surface area (Å²) < 4.78 is 0. The van der Waals surface area contributed by atoms with Gasteiger partial charge in [-0.2, -0.15) is 0 Å². The van der Waals surface area contributed by atoms with Crippen molar-refractivity contribution >= 4 is 23.8 Å². The van der Waals surface area contributed by atoms with Crippen molar-refractivity contribution in [3.63, 3.8) is 0 Å². The number of allylic oxidation sites excluding steroid dienone is 1. The van der Waals surface area contributed by atoms with Crippen molar-refractivity contribution in [2.24, 2.45) is 5.92 Å². The Bertz CT molecular complexity index is 462. The number of carboxylic acids is 1. The minimum absolute atomic E-state index is 0.0526. The van der Waals surface area contributed by atoms with E-state index in [9.17, 15) is 14.7 Å². The van der Waals surface area contributed by atoms with Crippen LogP contribution in [0.2, 0.25) is 0 Å². The van der Waals surface area contributed by atoms with Gasteiger partial charge in [-0.3, -0.25) is 4.90 Å². The van der Waals surface area contributed by atoms with Crippen LogP contribution < -0.4 is 5.32 Å². The van der Waals surface area contributed by atoms with Gasteiger partial charge in [0.05, 0.1) is 5.37 Å². The second-order valence-corrected chi connectivity index (χ2v) is 7.21. The molecule has 2 amide bonds. The summed E-state index contributed by atoms with van der Waals surface area (Å²) in [5.74, 6) is 0.108. The average Bonchev–Trinajstić information content (AvgIpc) is 3.00. The van der Waals surface area contributed by atoms with Gasteiger partial charge in [0.25, 0.3) is 0 Å². The number of thioether (sulfide) groups is 1. The Labute approximate surface area is 129 Å². The van der Waals surface area contributed by atoms with Crippen molar-refractivity contribution in [2.45, 2.75) is 49.9 Å². The van der Waals surface area contributed by atoms with Crippen LogP contribution in [0.3, 0.4) is 0 Å². The fourth-order valence-electron chi connectivity index (χ4n) is 3.11. The number of hydrogen-bond donors (Lipinski definition) is 2. The third-order valence-electron chi connectivity index (χ3n) is 4.44. The van der Waals surface area contributed by atoms with E-state index >= 15 is 0 Å². The third kappa shape index (κ3) is 3.36. The standard InChI is InChI=1S/C15H22N2O3S/c18-14(19)12-9-21-13(11-5-6-11)17(12)15(20)16-8-7-10-3-1-2-4-10/h3,11-13H,1-2,4-9H2,(H,16,20)(H,18,19). The van der Waals surface area contributed by atoms with Crippen molar-refractivity contribution in [2.75, 3.05) is 12.3 Å². The first-order chi connectivity index (χ1) is 10.2. The average molecular weight is 310 g/mol. The number of aliphatic carboxylic acids is 1. The first-order valence-corrected chi connectivity index (χ1v) is 8.80. The lowest BCUT2D eigenvalue weighted by Crippen LogP contribution is -2.50. The zero-order valence-electron chi connectivity index (χ0n) is 12.1. The minimum Gasteiger partial charge on any atom is -0.480 e. The van der Waals surface area contributed by atoms with Gasteiger partial charge in [-0.15, -0.1) is 11.8 Å². The Hall–Kier alpha value is -1.17. The number of carbonyl (C=O) groups excluding carboxylic acids is 1. The molecule has 0 bridgehead atoms. The molecule has 0 aromatic carbocycles. The normalized spacial score (nSPS) is 28.6. The molecule has 1 aliphatic heterocycles. The highest BCUT2D eigenvalue weighted by molar-refractivity contribution is 8.00. The Balaban J connectivity index is 1.55. The number of carboxylic acid groups (broad SMARTS) is 1. The summed E-state index contributed by atoms with van der Waals surface area (Å²) >= 11 is 1.62. The zero-order valence-corrected chi connectivity index (χ0v) is 12.9. The number of rotatable bonds is 5. The number of hydrogen-bond acceptors (Lipinski definition) is 3. The van der Waals surface area contributed by atoms with Crippen molar-refractivity contribution in [3.05, 3.63) is 11.6 Å². The highest BCUT2D eigenvalue weighted by Crippen LogP contribution is 2.45. The van der Waals surface area contributed by atoms with Gasteiger partial charge in [0, 0.05) is 12.3 Å². The summed E-state index contributed by atoms with van der Waals surface area (Å²) in [6.07, 6.45) is 8.87. The van der Waals surface area contributed by atoms with Gasteiger partial charge in [0.15, 0.2) is 0 Å².